The van der Waals surface area contributed by atoms with Gasteiger partial charge in [0.25, 0.3) is 0 Å². The van der Waals surface area contributed by atoms with Gasteiger partial charge in [0.1, 0.15) is 0 Å². The number of hydrogen-bond donors (Lipinski definition) is 0. The lowest BCUT2D eigenvalue weighted by Crippen LogP contribution is -1.58. The molecule has 0 unspecified atom stereocenters. The first-order valence-corrected chi connectivity index (χ1v) is 4.57. The van der Waals surface area contributed by atoms with E-state index in [0.29, 0.717) is 0 Å². The molecule has 0 radical (unpaired) electrons. The highest BCUT2D eigenvalue weighted by molar-refractivity contribution is 5.07. The summed E-state index contributed by atoms with van der Waals surface area (Å²) in [6.45, 7) is 16.3. The fourth-order valence-corrected chi connectivity index (χ4v) is 0.397. The summed E-state index contributed by atoms with van der Waals surface area (Å²) in [7, 11) is 0. The molecule has 0 aromatic rings. The Balaban J connectivity index is -0.000000175. The van der Waals surface area contributed by atoms with Gasteiger partial charge in [0.15, 0.2) is 0 Å². The van der Waals surface area contributed by atoms with Gasteiger partial charge in [-0.15, -0.1) is 13.2 Å². The molecule has 12 heavy (non-hydrogen) atoms. The zero-order chi connectivity index (χ0) is 10.4. The highest BCUT2D eigenvalue weighted by atomic mass is 13.7. The van der Waals surface area contributed by atoms with Crippen LogP contribution < -0.4 is 0 Å². The van der Waals surface area contributed by atoms with E-state index in [0.717, 1.165) is 6.42 Å². The van der Waals surface area contributed by atoms with Gasteiger partial charge in [0.2, 0.25) is 0 Å². The molecule has 0 aromatic heterocycles. The molecule has 0 heterocycles. The normalized spacial score (nSPS) is 7.42. The Morgan fingerprint density at radius 2 is 1.58 bits per heavy atom. The zero-order valence-electron chi connectivity index (χ0n) is 9.35. The maximum Gasteiger partial charge on any atom is -0.0376 e. The standard InChI is InChI=1S/C8H14.C2H6.C2H4/c1-4-5-6-7-8(2)3;2*1-2/h5-7H,4H2,1-3H3;1-2H3;1-2H2/b6-5-;;. The van der Waals surface area contributed by atoms with Crippen molar-refractivity contribution in [3.05, 3.63) is 37.0 Å². The summed E-state index contributed by atoms with van der Waals surface area (Å²) in [6.07, 6.45) is 7.48. The summed E-state index contributed by atoms with van der Waals surface area (Å²) in [4.78, 5) is 0. The van der Waals surface area contributed by atoms with Crippen molar-refractivity contribution in [1.29, 1.82) is 0 Å². The summed E-state index contributed by atoms with van der Waals surface area (Å²) in [5, 5.41) is 0. The molecule has 0 saturated carbocycles. The Bertz CT molecular complexity index is 103. The topological polar surface area (TPSA) is 0 Å². The van der Waals surface area contributed by atoms with E-state index in [1.54, 1.807) is 0 Å². The summed E-state index contributed by atoms with van der Waals surface area (Å²) >= 11 is 0. The molecule has 0 aliphatic heterocycles. The van der Waals surface area contributed by atoms with Gasteiger partial charge in [-0.2, -0.15) is 0 Å². The van der Waals surface area contributed by atoms with E-state index in [1.165, 1.54) is 5.57 Å². The van der Waals surface area contributed by atoms with Gasteiger partial charge in [-0.3, -0.25) is 0 Å². The third-order valence-electron chi connectivity index (χ3n) is 0.801. The van der Waals surface area contributed by atoms with Gasteiger partial charge < -0.3 is 0 Å². The highest BCUT2D eigenvalue weighted by Crippen LogP contribution is 1.89. The van der Waals surface area contributed by atoms with Crippen LogP contribution in [0.3, 0.4) is 0 Å². The molecule has 0 N–H and O–H groups in total. The predicted octanol–water partition coefficient (Wildman–Crippen LogP) is 4.75. The lowest BCUT2D eigenvalue weighted by molar-refractivity contribution is 1.22. The van der Waals surface area contributed by atoms with Crippen molar-refractivity contribution in [2.24, 2.45) is 0 Å². The van der Waals surface area contributed by atoms with Gasteiger partial charge in [0, 0.05) is 0 Å². The molecule has 0 aliphatic rings. The lowest BCUT2D eigenvalue weighted by Gasteiger charge is -1.80. The minimum Gasteiger partial charge on any atom is -0.106 e. The molecule has 0 aromatic carbocycles. The zero-order valence-corrected chi connectivity index (χ0v) is 9.35. The summed E-state index contributed by atoms with van der Waals surface area (Å²) < 4.78 is 0. The maximum absolute atomic E-state index is 3.00. The van der Waals surface area contributed by atoms with Gasteiger partial charge in [-0.1, -0.05) is 44.6 Å². The van der Waals surface area contributed by atoms with Gasteiger partial charge >= 0.3 is 0 Å². The van der Waals surface area contributed by atoms with Crippen molar-refractivity contribution in [3.63, 3.8) is 0 Å². The van der Waals surface area contributed by atoms with Crippen LogP contribution in [-0.2, 0) is 0 Å². The summed E-state index contributed by atoms with van der Waals surface area (Å²) in [6, 6.07) is 0. The van der Waals surface area contributed by atoms with E-state index in [1.807, 2.05) is 13.8 Å². The van der Waals surface area contributed by atoms with Crippen molar-refractivity contribution >= 4 is 0 Å². The molecular weight excluding hydrogens is 144 g/mol. The Labute approximate surface area is 78.7 Å². The largest absolute Gasteiger partial charge is 0.106 e. The van der Waals surface area contributed by atoms with Crippen LogP contribution in [0.2, 0.25) is 0 Å². The van der Waals surface area contributed by atoms with Gasteiger partial charge in [-0.25, -0.2) is 0 Å². The van der Waals surface area contributed by atoms with E-state index in [2.05, 4.69) is 52.2 Å². The van der Waals surface area contributed by atoms with E-state index in [9.17, 15) is 0 Å². The third-order valence-corrected chi connectivity index (χ3v) is 0.801. The molecule has 72 valence electrons. The number of hydrogen-bond acceptors (Lipinski definition) is 0. The average Bonchev–Trinajstić information content (AvgIpc) is 2.12. The van der Waals surface area contributed by atoms with Crippen LogP contribution in [0.5, 0.6) is 0 Å². The first kappa shape index (κ1) is 17.3. The van der Waals surface area contributed by atoms with Crippen molar-refractivity contribution < 1.29 is 0 Å². The molecule has 0 rings (SSSR count). The fourth-order valence-electron chi connectivity index (χ4n) is 0.397. The SMILES string of the molecule is C=C.CC.CC/C=C\C=C(C)C. The molecule has 0 nitrogen and oxygen atoms in total. The Hall–Kier alpha value is -0.780. The lowest BCUT2D eigenvalue weighted by atomic mass is 10.3. The maximum atomic E-state index is 3.00. The Morgan fingerprint density at radius 1 is 1.17 bits per heavy atom. The molecule has 0 saturated heterocycles. The smallest absolute Gasteiger partial charge is 0.0376 e. The first-order chi connectivity index (χ1) is 5.77. The highest BCUT2D eigenvalue weighted by Gasteiger charge is 1.67. The molecule has 0 amide bonds. The third kappa shape index (κ3) is 35.0. The van der Waals surface area contributed by atoms with Crippen molar-refractivity contribution in [2.75, 3.05) is 0 Å². The molecule has 0 fully saturated rings. The van der Waals surface area contributed by atoms with Crippen LogP contribution in [0, 0.1) is 0 Å². The Kier molecular flexibility index (Phi) is 32.5. The molecule has 0 atom stereocenters. The minimum absolute atomic E-state index is 1.13. The van der Waals surface area contributed by atoms with Crippen molar-refractivity contribution in [1.82, 2.24) is 0 Å². The Morgan fingerprint density at radius 3 is 1.83 bits per heavy atom. The number of allylic oxidation sites excluding steroid dienone is 4. The first-order valence-electron chi connectivity index (χ1n) is 4.57. The molecule has 0 spiro atoms. The molecule has 0 heteroatoms. The average molecular weight is 168 g/mol. The van der Waals surface area contributed by atoms with Crippen molar-refractivity contribution in [2.45, 2.75) is 41.0 Å². The van der Waals surface area contributed by atoms with Crippen LogP contribution in [-0.4, -0.2) is 0 Å². The molecule has 0 aliphatic carbocycles. The fraction of sp³-hybridized carbons (Fsp3) is 0.500. The van der Waals surface area contributed by atoms with E-state index in [4.69, 9.17) is 0 Å². The van der Waals surface area contributed by atoms with E-state index < -0.39 is 0 Å². The second-order valence-corrected chi connectivity index (χ2v) is 2.08. The van der Waals surface area contributed by atoms with E-state index >= 15 is 0 Å². The van der Waals surface area contributed by atoms with Crippen LogP contribution in [0.1, 0.15) is 41.0 Å². The monoisotopic (exact) mass is 168 g/mol. The van der Waals surface area contributed by atoms with Crippen molar-refractivity contribution in [3.8, 4) is 0 Å². The van der Waals surface area contributed by atoms with Gasteiger partial charge in [-0.05, 0) is 20.3 Å². The van der Waals surface area contributed by atoms with Crippen LogP contribution >= 0.6 is 0 Å². The number of rotatable bonds is 2. The molecular formula is C12H24. The quantitative estimate of drug-likeness (QED) is 0.412. The second-order valence-electron chi connectivity index (χ2n) is 2.08. The van der Waals surface area contributed by atoms with Crippen LogP contribution in [0.4, 0.5) is 0 Å². The van der Waals surface area contributed by atoms with Crippen LogP contribution in [0.15, 0.2) is 37.0 Å². The molecule has 0 bridgehead atoms. The predicted molar refractivity (Wildman–Crippen MR) is 61.5 cm³/mol. The van der Waals surface area contributed by atoms with Crippen LogP contribution in [0.25, 0.3) is 0 Å². The van der Waals surface area contributed by atoms with E-state index in [-0.39, 0.29) is 0 Å². The second kappa shape index (κ2) is 22.5. The summed E-state index contributed by atoms with van der Waals surface area (Å²) in [5.74, 6) is 0. The summed E-state index contributed by atoms with van der Waals surface area (Å²) in [5.41, 5.74) is 1.36. The van der Waals surface area contributed by atoms with Gasteiger partial charge in [0.05, 0.1) is 0 Å². The minimum atomic E-state index is 1.13.